The van der Waals surface area contributed by atoms with Crippen molar-refractivity contribution in [2.24, 2.45) is 11.8 Å². The van der Waals surface area contributed by atoms with Crippen molar-refractivity contribution in [2.75, 3.05) is 6.61 Å². The second-order valence-corrected chi connectivity index (χ2v) is 5.16. The molecule has 1 aromatic carbocycles. The SMILES string of the molecule is CC(C)C(OCc1ccccc1)C(O)C(C)CO. The number of aliphatic hydroxyl groups is 2. The van der Waals surface area contributed by atoms with Gasteiger partial charge in [-0.15, -0.1) is 0 Å². The van der Waals surface area contributed by atoms with E-state index in [2.05, 4.69) is 0 Å². The normalized spacial score (nSPS) is 16.6. The molecule has 18 heavy (non-hydrogen) atoms. The van der Waals surface area contributed by atoms with E-state index in [9.17, 15) is 5.11 Å². The van der Waals surface area contributed by atoms with Crippen LogP contribution < -0.4 is 0 Å². The van der Waals surface area contributed by atoms with Gasteiger partial charge in [0.05, 0.1) is 18.8 Å². The van der Waals surface area contributed by atoms with Gasteiger partial charge in [0.15, 0.2) is 0 Å². The highest BCUT2D eigenvalue weighted by atomic mass is 16.5. The van der Waals surface area contributed by atoms with E-state index in [0.29, 0.717) is 6.61 Å². The van der Waals surface area contributed by atoms with Crippen LogP contribution >= 0.6 is 0 Å². The van der Waals surface area contributed by atoms with Crippen LogP contribution in [-0.2, 0) is 11.3 Å². The van der Waals surface area contributed by atoms with Crippen molar-refractivity contribution in [2.45, 2.75) is 39.6 Å². The van der Waals surface area contributed by atoms with Crippen LogP contribution in [0.5, 0.6) is 0 Å². The van der Waals surface area contributed by atoms with Crippen molar-refractivity contribution in [1.82, 2.24) is 0 Å². The molecule has 0 heterocycles. The minimum absolute atomic E-state index is 0.0287. The molecule has 0 aromatic heterocycles. The fourth-order valence-electron chi connectivity index (χ4n) is 1.88. The molecule has 3 atom stereocenters. The fourth-order valence-corrected chi connectivity index (χ4v) is 1.88. The number of aliphatic hydroxyl groups excluding tert-OH is 2. The topological polar surface area (TPSA) is 49.7 Å². The summed E-state index contributed by atoms with van der Waals surface area (Å²) < 4.78 is 5.81. The average molecular weight is 252 g/mol. The van der Waals surface area contributed by atoms with Crippen LogP contribution in [0.4, 0.5) is 0 Å². The third-order valence-corrected chi connectivity index (χ3v) is 3.15. The Bertz CT molecular complexity index is 324. The Labute approximate surface area is 109 Å². The van der Waals surface area contributed by atoms with Gasteiger partial charge in [-0.05, 0) is 11.5 Å². The maximum Gasteiger partial charge on any atom is 0.0864 e. The van der Waals surface area contributed by atoms with Crippen molar-refractivity contribution in [3.63, 3.8) is 0 Å². The molecule has 3 unspecified atom stereocenters. The quantitative estimate of drug-likeness (QED) is 0.782. The molecule has 102 valence electrons. The zero-order valence-electron chi connectivity index (χ0n) is 11.4. The molecule has 0 saturated carbocycles. The largest absolute Gasteiger partial charge is 0.396 e. The second kappa shape index (κ2) is 7.52. The molecule has 0 spiro atoms. The van der Waals surface area contributed by atoms with E-state index < -0.39 is 6.10 Å². The second-order valence-electron chi connectivity index (χ2n) is 5.16. The molecule has 3 nitrogen and oxygen atoms in total. The van der Waals surface area contributed by atoms with E-state index in [-0.39, 0.29) is 24.5 Å². The first-order chi connectivity index (χ1) is 8.56. The Morgan fingerprint density at radius 1 is 1.11 bits per heavy atom. The first-order valence-corrected chi connectivity index (χ1v) is 6.50. The third-order valence-electron chi connectivity index (χ3n) is 3.15. The summed E-state index contributed by atoms with van der Waals surface area (Å²) in [5.74, 6) is 0.0332. The lowest BCUT2D eigenvalue weighted by Gasteiger charge is -2.29. The highest BCUT2D eigenvalue weighted by Crippen LogP contribution is 2.19. The van der Waals surface area contributed by atoms with Gasteiger partial charge in [0, 0.05) is 12.5 Å². The molecule has 0 bridgehead atoms. The van der Waals surface area contributed by atoms with Gasteiger partial charge in [0.2, 0.25) is 0 Å². The molecule has 0 aliphatic carbocycles. The Kier molecular flexibility index (Phi) is 6.33. The molecule has 0 aliphatic heterocycles. The van der Waals surface area contributed by atoms with E-state index >= 15 is 0 Å². The van der Waals surface area contributed by atoms with Crippen molar-refractivity contribution in [1.29, 1.82) is 0 Å². The number of rotatable bonds is 7. The monoisotopic (exact) mass is 252 g/mol. The number of benzene rings is 1. The van der Waals surface area contributed by atoms with E-state index in [1.165, 1.54) is 0 Å². The summed E-state index contributed by atoms with van der Waals surface area (Å²) in [5.41, 5.74) is 1.09. The van der Waals surface area contributed by atoms with Crippen LogP contribution in [0, 0.1) is 11.8 Å². The number of hydrogen-bond acceptors (Lipinski definition) is 3. The van der Waals surface area contributed by atoms with Gasteiger partial charge in [-0.1, -0.05) is 51.1 Å². The summed E-state index contributed by atoms with van der Waals surface area (Å²) in [4.78, 5) is 0. The standard InChI is InChI=1S/C15H24O3/c1-11(2)15(14(17)12(3)9-16)18-10-13-7-5-4-6-8-13/h4-8,11-12,14-17H,9-10H2,1-3H3. The molecule has 2 N–H and O–H groups in total. The third kappa shape index (κ3) is 4.41. The summed E-state index contributed by atoms with van der Waals surface area (Å²) >= 11 is 0. The predicted molar refractivity (Wildman–Crippen MR) is 72.1 cm³/mol. The van der Waals surface area contributed by atoms with Crippen molar-refractivity contribution < 1.29 is 14.9 Å². The summed E-state index contributed by atoms with van der Waals surface area (Å²) in [7, 11) is 0. The molecule has 3 heteroatoms. The number of ether oxygens (including phenoxy) is 1. The van der Waals surface area contributed by atoms with E-state index in [1.807, 2.05) is 51.1 Å². The zero-order chi connectivity index (χ0) is 13.5. The maximum atomic E-state index is 10.1. The molecule has 0 fully saturated rings. The summed E-state index contributed by atoms with van der Waals surface area (Å²) in [6.07, 6.45) is -0.897. The summed E-state index contributed by atoms with van der Waals surface area (Å²) in [6.45, 7) is 6.32. The Morgan fingerprint density at radius 3 is 2.22 bits per heavy atom. The molecule has 1 aromatic rings. The molecule has 1 rings (SSSR count). The lowest BCUT2D eigenvalue weighted by atomic mass is 9.93. The lowest BCUT2D eigenvalue weighted by molar-refractivity contribution is -0.0944. The molecular weight excluding hydrogens is 228 g/mol. The van der Waals surface area contributed by atoms with Gasteiger partial charge >= 0.3 is 0 Å². The summed E-state index contributed by atoms with van der Waals surface area (Å²) in [6, 6.07) is 9.90. The minimum Gasteiger partial charge on any atom is -0.396 e. The molecule has 0 aliphatic rings. The van der Waals surface area contributed by atoms with E-state index in [1.54, 1.807) is 0 Å². The highest BCUT2D eigenvalue weighted by molar-refractivity contribution is 5.13. The van der Waals surface area contributed by atoms with Gasteiger partial charge in [-0.2, -0.15) is 0 Å². The first-order valence-electron chi connectivity index (χ1n) is 6.50. The average Bonchev–Trinajstić information content (AvgIpc) is 2.38. The van der Waals surface area contributed by atoms with Crippen LogP contribution in [0.15, 0.2) is 30.3 Å². The van der Waals surface area contributed by atoms with Gasteiger partial charge in [-0.3, -0.25) is 0 Å². The lowest BCUT2D eigenvalue weighted by Crippen LogP contribution is -2.39. The van der Waals surface area contributed by atoms with Crippen LogP contribution in [0.3, 0.4) is 0 Å². The molecule has 0 amide bonds. The smallest absolute Gasteiger partial charge is 0.0864 e. The predicted octanol–water partition coefficient (Wildman–Crippen LogP) is 2.22. The van der Waals surface area contributed by atoms with Gasteiger partial charge in [-0.25, -0.2) is 0 Å². The maximum absolute atomic E-state index is 10.1. The van der Waals surface area contributed by atoms with E-state index in [0.717, 1.165) is 5.56 Å². The van der Waals surface area contributed by atoms with Crippen LogP contribution in [-0.4, -0.2) is 29.0 Å². The molecular formula is C15H24O3. The van der Waals surface area contributed by atoms with Gasteiger partial charge < -0.3 is 14.9 Å². The van der Waals surface area contributed by atoms with Crippen LogP contribution in [0.2, 0.25) is 0 Å². The minimum atomic E-state index is -0.640. The van der Waals surface area contributed by atoms with Crippen LogP contribution in [0.1, 0.15) is 26.3 Å². The molecule has 0 radical (unpaired) electrons. The van der Waals surface area contributed by atoms with Crippen LogP contribution in [0.25, 0.3) is 0 Å². The van der Waals surface area contributed by atoms with Gasteiger partial charge in [0.1, 0.15) is 0 Å². The first kappa shape index (κ1) is 15.2. The Morgan fingerprint density at radius 2 is 1.72 bits per heavy atom. The van der Waals surface area contributed by atoms with Gasteiger partial charge in [0.25, 0.3) is 0 Å². The Hall–Kier alpha value is -0.900. The van der Waals surface area contributed by atoms with Crippen molar-refractivity contribution >= 4 is 0 Å². The Balaban J connectivity index is 2.58. The number of hydrogen-bond donors (Lipinski definition) is 2. The van der Waals surface area contributed by atoms with Crippen molar-refractivity contribution in [3.05, 3.63) is 35.9 Å². The van der Waals surface area contributed by atoms with E-state index in [4.69, 9.17) is 9.84 Å². The summed E-state index contributed by atoms with van der Waals surface area (Å²) in [5, 5.41) is 19.2. The van der Waals surface area contributed by atoms with Crippen molar-refractivity contribution in [3.8, 4) is 0 Å². The molecule has 0 saturated heterocycles. The highest BCUT2D eigenvalue weighted by Gasteiger charge is 2.27. The zero-order valence-corrected chi connectivity index (χ0v) is 11.4. The fraction of sp³-hybridized carbons (Fsp3) is 0.600.